The summed E-state index contributed by atoms with van der Waals surface area (Å²) < 4.78 is 5.10. The number of methoxy groups -OCH3 is 1. The highest BCUT2D eigenvalue weighted by molar-refractivity contribution is 5.82. The van der Waals surface area contributed by atoms with E-state index in [4.69, 9.17) is 9.84 Å². The fraction of sp³-hybridized carbons (Fsp3) is 0.467. The first-order chi connectivity index (χ1) is 9.97. The molecule has 0 saturated carbocycles. The molecule has 0 heterocycles. The number of nitrogens with one attached hydrogen (secondary N) is 2. The lowest BCUT2D eigenvalue weighted by molar-refractivity contribution is -0.140. The molecule has 1 aromatic rings. The van der Waals surface area contributed by atoms with E-state index in [0.717, 1.165) is 5.56 Å². The van der Waals surface area contributed by atoms with Crippen LogP contribution in [0.1, 0.15) is 25.8 Å². The minimum atomic E-state index is -1.03. The molecule has 2 amide bonds. The van der Waals surface area contributed by atoms with Crippen LogP contribution in [-0.2, 0) is 11.3 Å². The number of amides is 2. The van der Waals surface area contributed by atoms with Crippen LogP contribution < -0.4 is 15.4 Å². The maximum atomic E-state index is 11.8. The molecule has 6 heteroatoms. The van der Waals surface area contributed by atoms with E-state index in [-0.39, 0.29) is 5.92 Å². The topological polar surface area (TPSA) is 87.7 Å². The zero-order valence-corrected chi connectivity index (χ0v) is 12.6. The van der Waals surface area contributed by atoms with Gasteiger partial charge in [0.1, 0.15) is 11.8 Å². The zero-order chi connectivity index (χ0) is 15.8. The fourth-order valence-corrected chi connectivity index (χ4v) is 1.84. The highest BCUT2D eigenvalue weighted by Crippen LogP contribution is 2.12. The van der Waals surface area contributed by atoms with Gasteiger partial charge in [0.25, 0.3) is 0 Å². The van der Waals surface area contributed by atoms with Gasteiger partial charge in [-0.25, -0.2) is 9.59 Å². The highest BCUT2D eigenvalue weighted by atomic mass is 16.5. The number of carboxylic acids is 1. The second-order valence-corrected chi connectivity index (χ2v) is 4.88. The van der Waals surface area contributed by atoms with Crippen molar-refractivity contribution in [2.45, 2.75) is 32.9 Å². The molecule has 0 saturated heterocycles. The van der Waals surface area contributed by atoms with Crippen molar-refractivity contribution in [2.75, 3.05) is 7.11 Å². The molecule has 0 aliphatic heterocycles. The van der Waals surface area contributed by atoms with E-state index in [1.807, 2.05) is 31.2 Å². The maximum Gasteiger partial charge on any atom is 0.326 e. The number of ether oxygens (including phenoxy) is 1. The van der Waals surface area contributed by atoms with Crippen LogP contribution in [0.4, 0.5) is 4.79 Å². The van der Waals surface area contributed by atoms with Crippen molar-refractivity contribution in [3.63, 3.8) is 0 Å². The van der Waals surface area contributed by atoms with E-state index in [1.54, 1.807) is 14.0 Å². The van der Waals surface area contributed by atoms with Gasteiger partial charge in [-0.05, 0) is 23.6 Å². The molecule has 0 aliphatic rings. The van der Waals surface area contributed by atoms with Gasteiger partial charge in [-0.2, -0.15) is 0 Å². The van der Waals surface area contributed by atoms with Gasteiger partial charge in [-0.15, -0.1) is 0 Å². The van der Waals surface area contributed by atoms with E-state index in [2.05, 4.69) is 10.6 Å². The molecule has 21 heavy (non-hydrogen) atoms. The second-order valence-electron chi connectivity index (χ2n) is 4.88. The van der Waals surface area contributed by atoms with Crippen molar-refractivity contribution in [2.24, 2.45) is 5.92 Å². The number of rotatable bonds is 7. The van der Waals surface area contributed by atoms with Crippen molar-refractivity contribution in [3.05, 3.63) is 29.8 Å². The van der Waals surface area contributed by atoms with Crippen molar-refractivity contribution in [3.8, 4) is 5.75 Å². The molecule has 3 N–H and O–H groups in total. The number of hydrogen-bond acceptors (Lipinski definition) is 3. The molecule has 0 radical (unpaired) electrons. The summed E-state index contributed by atoms with van der Waals surface area (Å²) in [4.78, 5) is 22.9. The number of carbonyl (C=O) groups is 2. The summed E-state index contributed by atoms with van der Waals surface area (Å²) in [5.41, 5.74) is 0.875. The molecule has 1 rings (SSSR count). The number of urea groups is 1. The van der Waals surface area contributed by atoms with Crippen LogP contribution in [0.3, 0.4) is 0 Å². The van der Waals surface area contributed by atoms with Crippen molar-refractivity contribution in [1.82, 2.24) is 10.6 Å². The molecule has 0 spiro atoms. The molecular formula is C15H22N2O4. The Morgan fingerprint density at radius 1 is 1.38 bits per heavy atom. The smallest absolute Gasteiger partial charge is 0.326 e. The van der Waals surface area contributed by atoms with Crippen molar-refractivity contribution < 1.29 is 19.4 Å². The Morgan fingerprint density at radius 2 is 2.10 bits per heavy atom. The minimum absolute atomic E-state index is 0.134. The molecular weight excluding hydrogens is 272 g/mol. The van der Waals surface area contributed by atoms with Gasteiger partial charge in [0, 0.05) is 6.54 Å². The third kappa shape index (κ3) is 5.33. The van der Waals surface area contributed by atoms with Gasteiger partial charge in [0.05, 0.1) is 7.11 Å². The Kier molecular flexibility index (Phi) is 6.52. The molecule has 0 aromatic heterocycles. The lowest BCUT2D eigenvalue weighted by atomic mass is 9.99. The van der Waals surface area contributed by atoms with E-state index in [0.29, 0.717) is 18.7 Å². The number of aliphatic carboxylic acids is 1. The summed E-state index contributed by atoms with van der Waals surface area (Å²) >= 11 is 0. The van der Waals surface area contributed by atoms with Crippen LogP contribution >= 0.6 is 0 Å². The van der Waals surface area contributed by atoms with Crippen LogP contribution in [-0.4, -0.2) is 30.3 Å². The Labute approximate surface area is 124 Å². The maximum absolute atomic E-state index is 11.8. The lowest BCUT2D eigenvalue weighted by Crippen LogP contribution is -2.48. The lowest BCUT2D eigenvalue weighted by Gasteiger charge is -2.20. The number of carbonyl (C=O) groups excluding carboxylic acids is 1. The predicted molar refractivity (Wildman–Crippen MR) is 79.2 cm³/mol. The van der Waals surface area contributed by atoms with Gasteiger partial charge in [-0.1, -0.05) is 32.4 Å². The van der Waals surface area contributed by atoms with Gasteiger partial charge in [-0.3, -0.25) is 0 Å². The summed E-state index contributed by atoms with van der Waals surface area (Å²) in [6.07, 6.45) is 0.674. The Balaban J connectivity index is 2.54. The van der Waals surface area contributed by atoms with E-state index in [9.17, 15) is 9.59 Å². The van der Waals surface area contributed by atoms with Crippen LogP contribution in [0.25, 0.3) is 0 Å². The average Bonchev–Trinajstić information content (AvgIpc) is 2.49. The fourth-order valence-electron chi connectivity index (χ4n) is 1.84. The molecule has 116 valence electrons. The van der Waals surface area contributed by atoms with Gasteiger partial charge >= 0.3 is 12.0 Å². The summed E-state index contributed by atoms with van der Waals surface area (Å²) in [7, 11) is 1.57. The van der Waals surface area contributed by atoms with E-state index < -0.39 is 18.0 Å². The average molecular weight is 294 g/mol. The summed E-state index contributed by atoms with van der Waals surface area (Å²) in [6.45, 7) is 3.98. The van der Waals surface area contributed by atoms with Crippen LogP contribution in [0, 0.1) is 5.92 Å². The Hall–Kier alpha value is -2.24. The van der Waals surface area contributed by atoms with Crippen LogP contribution in [0.5, 0.6) is 5.75 Å². The van der Waals surface area contributed by atoms with Crippen LogP contribution in [0.15, 0.2) is 24.3 Å². The zero-order valence-electron chi connectivity index (χ0n) is 12.6. The first-order valence-corrected chi connectivity index (χ1v) is 6.88. The Bertz CT molecular complexity index is 490. The third-order valence-electron chi connectivity index (χ3n) is 3.35. The highest BCUT2D eigenvalue weighted by Gasteiger charge is 2.25. The van der Waals surface area contributed by atoms with E-state index in [1.165, 1.54) is 0 Å². The Morgan fingerprint density at radius 3 is 2.67 bits per heavy atom. The number of carboxylic acid groups (broad SMARTS) is 1. The quantitative estimate of drug-likeness (QED) is 0.717. The molecule has 2 atom stereocenters. The molecule has 0 unspecified atom stereocenters. The standard InChI is InChI=1S/C15H22N2O4/c1-4-10(2)13(14(18)19)17-15(20)16-9-11-6-5-7-12(8-11)21-3/h5-8,10,13H,4,9H2,1-3H3,(H,18,19)(H2,16,17,20)/t10-,13-/m0/s1. The van der Waals surface area contributed by atoms with Gasteiger partial charge in [0.2, 0.25) is 0 Å². The molecule has 1 aromatic carbocycles. The third-order valence-corrected chi connectivity index (χ3v) is 3.35. The SMILES string of the molecule is CC[C@H](C)[C@H](NC(=O)NCc1cccc(OC)c1)C(=O)O. The molecule has 0 bridgehead atoms. The number of benzene rings is 1. The summed E-state index contributed by atoms with van der Waals surface area (Å²) in [6, 6.07) is 5.92. The first kappa shape index (κ1) is 16.8. The summed E-state index contributed by atoms with van der Waals surface area (Å²) in [5.74, 6) is -0.455. The number of hydrogen-bond donors (Lipinski definition) is 3. The largest absolute Gasteiger partial charge is 0.497 e. The minimum Gasteiger partial charge on any atom is -0.497 e. The summed E-state index contributed by atoms with van der Waals surface area (Å²) in [5, 5.41) is 14.2. The second kappa shape index (κ2) is 8.14. The van der Waals surface area contributed by atoms with Crippen molar-refractivity contribution in [1.29, 1.82) is 0 Å². The first-order valence-electron chi connectivity index (χ1n) is 6.88. The normalized spacial score (nSPS) is 13.1. The molecule has 6 nitrogen and oxygen atoms in total. The van der Waals surface area contributed by atoms with E-state index >= 15 is 0 Å². The predicted octanol–water partition coefficient (Wildman–Crippen LogP) is 1.99. The molecule has 0 fully saturated rings. The van der Waals surface area contributed by atoms with Crippen molar-refractivity contribution >= 4 is 12.0 Å². The monoisotopic (exact) mass is 294 g/mol. The van der Waals surface area contributed by atoms with Crippen LogP contribution in [0.2, 0.25) is 0 Å². The van der Waals surface area contributed by atoms with Gasteiger partial charge in [0.15, 0.2) is 0 Å². The van der Waals surface area contributed by atoms with Gasteiger partial charge < -0.3 is 20.5 Å². The molecule has 0 aliphatic carbocycles.